The number of halogens is 2. The fraction of sp³-hybridized carbons (Fsp3) is 0.0800. The van der Waals surface area contributed by atoms with E-state index in [1.54, 1.807) is 19.2 Å². The Morgan fingerprint density at radius 3 is 2.41 bits per heavy atom. The Morgan fingerprint density at radius 1 is 0.941 bits per heavy atom. The quantitative estimate of drug-likeness (QED) is 0.448. The van der Waals surface area contributed by atoms with Crippen LogP contribution in [0.4, 0.5) is 14.5 Å². The highest BCUT2D eigenvalue weighted by Gasteiger charge is 2.33. The van der Waals surface area contributed by atoms with Gasteiger partial charge in [0.1, 0.15) is 5.70 Å². The van der Waals surface area contributed by atoms with Crippen LogP contribution < -0.4 is 16.0 Å². The van der Waals surface area contributed by atoms with Gasteiger partial charge in [0, 0.05) is 28.1 Å². The molecule has 9 heteroatoms. The summed E-state index contributed by atoms with van der Waals surface area (Å²) >= 11 is 1.49. The first-order valence-electron chi connectivity index (χ1n) is 10.2. The van der Waals surface area contributed by atoms with Crippen molar-refractivity contribution in [1.82, 2.24) is 10.6 Å². The van der Waals surface area contributed by atoms with Crippen molar-refractivity contribution in [2.75, 3.05) is 12.4 Å². The molecule has 3 aromatic carbocycles. The van der Waals surface area contributed by atoms with Crippen molar-refractivity contribution in [3.05, 3.63) is 95.2 Å². The largest absolute Gasteiger partial charge is 0.359 e. The smallest absolute Gasteiger partial charge is 0.275 e. The van der Waals surface area contributed by atoms with Gasteiger partial charge in [-0.15, -0.1) is 0 Å². The molecule has 0 saturated heterocycles. The van der Waals surface area contributed by atoms with E-state index in [0.29, 0.717) is 5.69 Å². The molecule has 0 unspecified atom stereocenters. The molecule has 6 nitrogen and oxygen atoms in total. The number of hydrogen-bond acceptors (Lipinski definition) is 5. The number of nitrogens with one attached hydrogen (secondary N) is 3. The highest BCUT2D eigenvalue weighted by molar-refractivity contribution is 7.99. The van der Waals surface area contributed by atoms with Gasteiger partial charge < -0.3 is 10.6 Å². The Hall–Kier alpha value is -3.98. The lowest BCUT2D eigenvalue weighted by Gasteiger charge is -2.10. The summed E-state index contributed by atoms with van der Waals surface area (Å²) in [6.45, 7) is 0. The lowest BCUT2D eigenvalue weighted by Crippen LogP contribution is -2.24. The molecule has 3 amide bonds. The van der Waals surface area contributed by atoms with Gasteiger partial charge in [0.15, 0.2) is 11.6 Å². The normalized spacial score (nSPS) is 13.1. The zero-order chi connectivity index (χ0) is 24.2. The zero-order valence-corrected chi connectivity index (χ0v) is 18.8. The van der Waals surface area contributed by atoms with E-state index in [4.69, 9.17) is 0 Å². The summed E-state index contributed by atoms with van der Waals surface area (Å²) in [5.74, 6) is -3.92. The third-order valence-corrected chi connectivity index (χ3v) is 6.05. The molecule has 0 radical (unpaired) electrons. The van der Waals surface area contributed by atoms with Crippen LogP contribution in [0, 0.1) is 11.6 Å². The molecule has 0 fully saturated rings. The monoisotopic (exact) mass is 479 g/mol. The SMILES string of the molecule is CNC(=O)Cc1cccc(Sc2ccc(NC3=C(c4cccc(F)c4F)C(=O)NC3=O)cc2)c1. The van der Waals surface area contributed by atoms with E-state index in [9.17, 15) is 23.2 Å². The number of amides is 3. The van der Waals surface area contributed by atoms with E-state index in [1.165, 1.54) is 23.9 Å². The predicted octanol–water partition coefficient (Wildman–Crippen LogP) is 3.88. The van der Waals surface area contributed by atoms with Crippen LogP contribution >= 0.6 is 11.8 Å². The Kier molecular flexibility index (Phi) is 6.74. The number of hydrogen-bond donors (Lipinski definition) is 3. The van der Waals surface area contributed by atoms with E-state index in [-0.39, 0.29) is 29.2 Å². The van der Waals surface area contributed by atoms with Gasteiger partial charge in [-0.2, -0.15) is 0 Å². The molecule has 0 bridgehead atoms. The summed E-state index contributed by atoms with van der Waals surface area (Å²) in [5, 5.41) is 7.56. The fourth-order valence-corrected chi connectivity index (χ4v) is 4.31. The number of likely N-dealkylation sites (N-methyl/N-ethyl adjacent to an activating group) is 1. The Balaban J connectivity index is 1.54. The summed E-state index contributed by atoms with van der Waals surface area (Å²) in [6.07, 6.45) is 0.290. The first-order chi connectivity index (χ1) is 16.4. The highest BCUT2D eigenvalue weighted by Crippen LogP contribution is 2.31. The first-order valence-corrected chi connectivity index (χ1v) is 11.1. The first kappa shape index (κ1) is 23.2. The van der Waals surface area contributed by atoms with E-state index in [1.807, 2.05) is 36.4 Å². The van der Waals surface area contributed by atoms with Gasteiger partial charge in [-0.3, -0.25) is 19.7 Å². The third kappa shape index (κ3) is 4.99. The number of rotatable bonds is 7. The maximum absolute atomic E-state index is 14.3. The van der Waals surface area contributed by atoms with Crippen LogP contribution in [0.1, 0.15) is 11.1 Å². The molecule has 0 atom stereocenters. The van der Waals surface area contributed by atoms with Crippen LogP contribution in [0.3, 0.4) is 0 Å². The summed E-state index contributed by atoms with van der Waals surface area (Å²) in [5.41, 5.74) is 0.676. The van der Waals surface area contributed by atoms with Crippen LogP contribution in [0.2, 0.25) is 0 Å². The van der Waals surface area contributed by atoms with E-state index in [0.717, 1.165) is 21.4 Å². The van der Waals surface area contributed by atoms with Gasteiger partial charge in [0.2, 0.25) is 5.91 Å². The topological polar surface area (TPSA) is 87.3 Å². The maximum atomic E-state index is 14.3. The lowest BCUT2D eigenvalue weighted by molar-refractivity contribution is -0.123. The standard InChI is InChI=1S/C25H19F2N3O3S/c1-28-20(31)13-14-4-2-5-17(12-14)34-16-10-8-15(9-11-16)29-23-21(24(32)30-25(23)33)18-6-3-7-19(26)22(18)27/h2-12H,13H2,1H3,(H,28,31)(H2,29,30,32,33). The third-order valence-electron chi connectivity index (χ3n) is 5.05. The zero-order valence-electron chi connectivity index (χ0n) is 17.9. The molecule has 1 aliphatic rings. The van der Waals surface area contributed by atoms with Crippen LogP contribution in [-0.4, -0.2) is 24.8 Å². The minimum absolute atomic E-state index is 0.0706. The van der Waals surface area contributed by atoms with Crippen molar-refractivity contribution < 1.29 is 23.2 Å². The van der Waals surface area contributed by atoms with E-state index >= 15 is 0 Å². The van der Waals surface area contributed by atoms with Gasteiger partial charge in [0.25, 0.3) is 11.8 Å². The van der Waals surface area contributed by atoms with Gasteiger partial charge in [-0.25, -0.2) is 8.78 Å². The average Bonchev–Trinajstić information content (AvgIpc) is 3.09. The second-order valence-electron chi connectivity index (χ2n) is 7.38. The summed E-state index contributed by atoms with van der Waals surface area (Å²) in [6, 6.07) is 18.1. The Morgan fingerprint density at radius 2 is 1.68 bits per heavy atom. The summed E-state index contributed by atoms with van der Waals surface area (Å²) in [7, 11) is 1.59. The predicted molar refractivity (Wildman–Crippen MR) is 125 cm³/mol. The van der Waals surface area contributed by atoms with Crippen LogP contribution in [0.15, 0.2) is 82.2 Å². The minimum Gasteiger partial charge on any atom is -0.359 e. The van der Waals surface area contributed by atoms with Gasteiger partial charge in [0.05, 0.1) is 12.0 Å². The molecule has 172 valence electrons. The van der Waals surface area contributed by atoms with Gasteiger partial charge >= 0.3 is 0 Å². The Bertz CT molecular complexity index is 1320. The molecule has 0 saturated carbocycles. The molecule has 0 aromatic heterocycles. The average molecular weight is 480 g/mol. The minimum atomic E-state index is -1.20. The number of carbonyl (C=O) groups excluding carboxylic acids is 3. The van der Waals surface area contributed by atoms with Crippen molar-refractivity contribution in [2.45, 2.75) is 16.2 Å². The molecule has 1 aliphatic heterocycles. The summed E-state index contributed by atoms with van der Waals surface area (Å²) in [4.78, 5) is 38.0. The molecule has 34 heavy (non-hydrogen) atoms. The van der Waals surface area contributed by atoms with Crippen molar-refractivity contribution in [1.29, 1.82) is 0 Å². The number of benzene rings is 3. The lowest BCUT2D eigenvalue weighted by atomic mass is 10.0. The molecule has 4 rings (SSSR count). The van der Waals surface area contributed by atoms with Crippen molar-refractivity contribution in [3.8, 4) is 0 Å². The molecular formula is C25H19F2N3O3S. The van der Waals surface area contributed by atoms with Crippen molar-refractivity contribution in [3.63, 3.8) is 0 Å². The number of imide groups is 1. The molecule has 3 aromatic rings. The van der Waals surface area contributed by atoms with E-state index < -0.39 is 23.4 Å². The summed E-state index contributed by atoms with van der Waals surface area (Å²) < 4.78 is 28.0. The van der Waals surface area contributed by atoms with Crippen molar-refractivity contribution in [2.24, 2.45) is 0 Å². The fourth-order valence-electron chi connectivity index (χ4n) is 3.41. The molecule has 0 spiro atoms. The highest BCUT2D eigenvalue weighted by atomic mass is 32.2. The molecule has 3 N–H and O–H groups in total. The van der Waals surface area contributed by atoms with Gasteiger partial charge in [-0.05, 0) is 48.0 Å². The second kappa shape index (κ2) is 9.88. The van der Waals surface area contributed by atoms with E-state index in [2.05, 4.69) is 16.0 Å². The number of carbonyl (C=O) groups is 3. The maximum Gasteiger partial charge on any atom is 0.275 e. The number of anilines is 1. The van der Waals surface area contributed by atoms with Gasteiger partial charge in [-0.1, -0.05) is 36.0 Å². The molecule has 1 heterocycles. The van der Waals surface area contributed by atoms with Crippen LogP contribution in [0.25, 0.3) is 5.57 Å². The Labute approximate surface area is 198 Å². The van der Waals surface area contributed by atoms with Crippen LogP contribution in [-0.2, 0) is 20.8 Å². The molecule has 0 aliphatic carbocycles. The molecular weight excluding hydrogens is 460 g/mol. The van der Waals surface area contributed by atoms with Crippen molar-refractivity contribution >= 4 is 40.7 Å². The van der Waals surface area contributed by atoms with Crippen LogP contribution in [0.5, 0.6) is 0 Å². The second-order valence-corrected chi connectivity index (χ2v) is 8.53.